The molecule has 0 saturated carbocycles. The Morgan fingerprint density at radius 1 is 1.56 bits per heavy atom. The van der Waals surface area contributed by atoms with Gasteiger partial charge in [-0.15, -0.1) is 0 Å². The van der Waals surface area contributed by atoms with Gasteiger partial charge in [0.2, 0.25) is 0 Å². The summed E-state index contributed by atoms with van der Waals surface area (Å²) in [4.78, 5) is 10.2. The summed E-state index contributed by atoms with van der Waals surface area (Å²) in [6.07, 6.45) is 1.51. The first-order valence-electron chi connectivity index (χ1n) is 3.21. The summed E-state index contributed by atoms with van der Waals surface area (Å²) in [6, 6.07) is 0. The third-order valence-electron chi connectivity index (χ3n) is 1.37. The molecule has 9 heavy (non-hydrogen) atoms. The molecule has 3 heteroatoms. The van der Waals surface area contributed by atoms with Gasteiger partial charge in [-0.05, 0) is 13.0 Å². The lowest BCUT2D eigenvalue weighted by Crippen LogP contribution is -2.16. The minimum atomic E-state index is -0.167. The SMILES string of the molecule is O=CC1CCNCCO1. The maximum atomic E-state index is 10.2. The molecule has 1 heterocycles. The van der Waals surface area contributed by atoms with Crippen LogP contribution in [0.4, 0.5) is 0 Å². The average Bonchev–Trinajstić information content (AvgIpc) is 2.13. The van der Waals surface area contributed by atoms with Gasteiger partial charge in [0.25, 0.3) is 0 Å². The Labute approximate surface area is 54.4 Å². The van der Waals surface area contributed by atoms with Crippen LogP contribution in [0.2, 0.25) is 0 Å². The number of rotatable bonds is 1. The van der Waals surface area contributed by atoms with Crippen molar-refractivity contribution < 1.29 is 9.53 Å². The third kappa shape index (κ3) is 2.11. The van der Waals surface area contributed by atoms with E-state index in [0.29, 0.717) is 6.61 Å². The number of aldehydes is 1. The lowest BCUT2D eigenvalue weighted by Gasteiger charge is -2.03. The summed E-state index contributed by atoms with van der Waals surface area (Å²) >= 11 is 0. The average molecular weight is 129 g/mol. The first-order chi connectivity index (χ1) is 4.43. The quantitative estimate of drug-likeness (QED) is 0.488. The van der Waals surface area contributed by atoms with Crippen LogP contribution < -0.4 is 5.32 Å². The molecule has 0 spiro atoms. The highest BCUT2D eigenvalue weighted by molar-refractivity contribution is 5.55. The molecule has 0 amide bonds. The summed E-state index contributed by atoms with van der Waals surface area (Å²) in [6.45, 7) is 2.41. The summed E-state index contributed by atoms with van der Waals surface area (Å²) in [5, 5.41) is 3.13. The van der Waals surface area contributed by atoms with E-state index in [2.05, 4.69) is 5.32 Å². The molecule has 1 saturated heterocycles. The lowest BCUT2D eigenvalue weighted by atomic mass is 10.3. The van der Waals surface area contributed by atoms with Crippen LogP contribution in [-0.4, -0.2) is 32.1 Å². The Morgan fingerprint density at radius 2 is 2.44 bits per heavy atom. The molecule has 1 unspecified atom stereocenters. The molecule has 1 fully saturated rings. The summed E-state index contributed by atoms with van der Waals surface area (Å²) in [5.74, 6) is 0. The highest BCUT2D eigenvalue weighted by atomic mass is 16.5. The minimum Gasteiger partial charge on any atom is -0.369 e. The van der Waals surface area contributed by atoms with Crippen molar-refractivity contribution in [1.82, 2.24) is 5.32 Å². The molecular formula is C6H11NO2. The van der Waals surface area contributed by atoms with Crippen molar-refractivity contribution in [1.29, 1.82) is 0 Å². The normalized spacial score (nSPS) is 29.1. The Balaban J connectivity index is 2.26. The molecule has 0 aromatic rings. The zero-order valence-electron chi connectivity index (χ0n) is 5.30. The fourth-order valence-corrected chi connectivity index (χ4v) is 0.842. The Kier molecular flexibility index (Phi) is 2.67. The standard InChI is InChI=1S/C6H11NO2/c8-5-6-1-2-7-3-4-9-6/h5-7H,1-4H2. The maximum absolute atomic E-state index is 10.2. The van der Waals surface area contributed by atoms with Crippen molar-refractivity contribution in [2.45, 2.75) is 12.5 Å². The van der Waals surface area contributed by atoms with E-state index in [1.165, 1.54) is 0 Å². The monoisotopic (exact) mass is 129 g/mol. The fraction of sp³-hybridized carbons (Fsp3) is 0.833. The second-order valence-corrected chi connectivity index (χ2v) is 2.08. The first-order valence-corrected chi connectivity index (χ1v) is 3.21. The third-order valence-corrected chi connectivity index (χ3v) is 1.37. The molecule has 1 aliphatic rings. The molecule has 0 bridgehead atoms. The van der Waals surface area contributed by atoms with Crippen molar-refractivity contribution in [3.8, 4) is 0 Å². The predicted octanol–water partition coefficient (Wildman–Crippen LogP) is -0.436. The van der Waals surface area contributed by atoms with Crippen molar-refractivity contribution in [3.63, 3.8) is 0 Å². The number of nitrogens with one attached hydrogen (secondary N) is 1. The van der Waals surface area contributed by atoms with Crippen molar-refractivity contribution in [3.05, 3.63) is 0 Å². The van der Waals surface area contributed by atoms with Crippen molar-refractivity contribution in [2.24, 2.45) is 0 Å². The number of ether oxygens (including phenoxy) is 1. The van der Waals surface area contributed by atoms with Gasteiger partial charge < -0.3 is 14.8 Å². The van der Waals surface area contributed by atoms with Crippen LogP contribution in [-0.2, 0) is 9.53 Å². The van der Waals surface area contributed by atoms with E-state index in [1.54, 1.807) is 0 Å². The first kappa shape index (κ1) is 6.71. The van der Waals surface area contributed by atoms with Crippen LogP contribution in [0, 0.1) is 0 Å². The molecule has 52 valence electrons. The number of hydrogen-bond acceptors (Lipinski definition) is 3. The van der Waals surface area contributed by atoms with E-state index in [1.807, 2.05) is 0 Å². The molecule has 0 aliphatic carbocycles. The van der Waals surface area contributed by atoms with Gasteiger partial charge in [-0.25, -0.2) is 0 Å². The predicted molar refractivity (Wildman–Crippen MR) is 33.3 cm³/mol. The Hall–Kier alpha value is -0.410. The van der Waals surface area contributed by atoms with Gasteiger partial charge in [-0.2, -0.15) is 0 Å². The molecule has 1 N–H and O–H groups in total. The van der Waals surface area contributed by atoms with Crippen LogP contribution in [0.1, 0.15) is 6.42 Å². The zero-order chi connectivity index (χ0) is 6.53. The van der Waals surface area contributed by atoms with Crippen LogP contribution in [0.15, 0.2) is 0 Å². The number of hydrogen-bond donors (Lipinski definition) is 1. The van der Waals surface area contributed by atoms with Gasteiger partial charge in [0.05, 0.1) is 6.61 Å². The second-order valence-electron chi connectivity index (χ2n) is 2.08. The molecule has 1 rings (SSSR count). The van der Waals surface area contributed by atoms with E-state index >= 15 is 0 Å². The van der Waals surface area contributed by atoms with E-state index < -0.39 is 0 Å². The second kappa shape index (κ2) is 3.58. The molecule has 0 radical (unpaired) electrons. The van der Waals surface area contributed by atoms with Gasteiger partial charge in [0.15, 0.2) is 0 Å². The van der Waals surface area contributed by atoms with Crippen LogP contribution in [0.5, 0.6) is 0 Å². The van der Waals surface area contributed by atoms with Gasteiger partial charge in [-0.3, -0.25) is 0 Å². The molecule has 0 aromatic heterocycles. The number of carbonyl (C=O) groups excluding carboxylic acids is 1. The van der Waals surface area contributed by atoms with Crippen molar-refractivity contribution >= 4 is 6.29 Å². The summed E-state index contributed by atoms with van der Waals surface area (Å²) in [5.41, 5.74) is 0. The largest absolute Gasteiger partial charge is 0.369 e. The molecule has 3 nitrogen and oxygen atoms in total. The van der Waals surface area contributed by atoms with Crippen molar-refractivity contribution in [2.75, 3.05) is 19.7 Å². The summed E-state index contributed by atoms with van der Waals surface area (Å²) < 4.78 is 5.12. The van der Waals surface area contributed by atoms with Gasteiger partial charge in [0, 0.05) is 6.54 Å². The van der Waals surface area contributed by atoms with Gasteiger partial charge in [-0.1, -0.05) is 0 Å². The summed E-state index contributed by atoms with van der Waals surface area (Å²) in [7, 11) is 0. The topological polar surface area (TPSA) is 38.3 Å². The maximum Gasteiger partial charge on any atom is 0.148 e. The Bertz CT molecular complexity index is 87.1. The van der Waals surface area contributed by atoms with Gasteiger partial charge in [0.1, 0.15) is 12.4 Å². The van der Waals surface area contributed by atoms with E-state index in [4.69, 9.17) is 4.74 Å². The van der Waals surface area contributed by atoms with E-state index in [0.717, 1.165) is 25.8 Å². The molecule has 1 atom stereocenters. The van der Waals surface area contributed by atoms with Crippen LogP contribution in [0.25, 0.3) is 0 Å². The van der Waals surface area contributed by atoms with Crippen LogP contribution >= 0.6 is 0 Å². The van der Waals surface area contributed by atoms with E-state index in [-0.39, 0.29) is 6.10 Å². The molecular weight excluding hydrogens is 118 g/mol. The smallest absolute Gasteiger partial charge is 0.148 e. The lowest BCUT2D eigenvalue weighted by molar-refractivity contribution is -0.117. The van der Waals surface area contributed by atoms with Crippen LogP contribution in [0.3, 0.4) is 0 Å². The highest BCUT2D eigenvalue weighted by Crippen LogP contribution is 1.96. The van der Waals surface area contributed by atoms with E-state index in [9.17, 15) is 4.79 Å². The molecule has 0 aromatic carbocycles. The minimum absolute atomic E-state index is 0.167. The fourth-order valence-electron chi connectivity index (χ4n) is 0.842. The zero-order valence-corrected chi connectivity index (χ0v) is 5.30. The van der Waals surface area contributed by atoms with Gasteiger partial charge >= 0.3 is 0 Å². The highest BCUT2D eigenvalue weighted by Gasteiger charge is 2.09. The Morgan fingerprint density at radius 3 is 3.22 bits per heavy atom. The molecule has 1 aliphatic heterocycles. The number of carbonyl (C=O) groups is 1.